The first-order valence-corrected chi connectivity index (χ1v) is 8.85. The number of fused-ring (bicyclic) bond motifs is 1. The molecule has 3 heterocycles. The lowest BCUT2D eigenvalue weighted by atomic mass is 9.84. The number of H-pyrrole nitrogens is 1. The molecule has 2 aromatic heterocycles. The maximum absolute atomic E-state index is 11.8. The molecule has 0 saturated heterocycles. The van der Waals surface area contributed by atoms with E-state index in [9.17, 15) is 4.79 Å². The van der Waals surface area contributed by atoms with Crippen LogP contribution < -0.4 is 10.4 Å². The molecule has 0 bridgehead atoms. The molecule has 0 unspecified atom stereocenters. The highest BCUT2D eigenvalue weighted by atomic mass is 16.5. The Morgan fingerprint density at radius 2 is 2.07 bits per heavy atom. The van der Waals surface area contributed by atoms with Gasteiger partial charge in [0.05, 0.1) is 24.6 Å². The van der Waals surface area contributed by atoms with Crippen LogP contribution in [0.1, 0.15) is 43.8 Å². The highest BCUT2D eigenvalue weighted by Gasteiger charge is 2.33. The zero-order valence-corrected chi connectivity index (χ0v) is 15.8. The summed E-state index contributed by atoms with van der Waals surface area (Å²) >= 11 is 0. The molecule has 0 fully saturated rings. The number of aromatic amines is 1. The van der Waals surface area contributed by atoms with Crippen LogP contribution in [0.15, 0.2) is 41.3 Å². The summed E-state index contributed by atoms with van der Waals surface area (Å²) in [7, 11) is 0. The Kier molecular flexibility index (Phi) is 4.11. The van der Waals surface area contributed by atoms with Crippen LogP contribution in [0.2, 0.25) is 0 Å². The number of aromatic nitrogens is 4. The van der Waals surface area contributed by atoms with Crippen LogP contribution in [0, 0.1) is 12.3 Å². The quantitative estimate of drug-likeness (QED) is 0.765. The maximum Gasteiger partial charge on any atom is 0.347 e. The van der Waals surface area contributed by atoms with Gasteiger partial charge in [-0.3, -0.25) is 0 Å². The summed E-state index contributed by atoms with van der Waals surface area (Å²) in [6.07, 6.45) is 1.63. The topological polar surface area (TPSA) is 82.0 Å². The van der Waals surface area contributed by atoms with Gasteiger partial charge in [-0.1, -0.05) is 26.8 Å². The predicted molar refractivity (Wildman–Crippen MR) is 100 cm³/mol. The molecular formula is C20H22N4O3. The lowest BCUT2D eigenvalue weighted by Crippen LogP contribution is -2.17. The van der Waals surface area contributed by atoms with Crippen molar-refractivity contribution in [3.8, 4) is 17.3 Å². The van der Waals surface area contributed by atoms with E-state index in [0.29, 0.717) is 29.7 Å². The number of nitrogens with one attached hydrogen (secondary N) is 1. The summed E-state index contributed by atoms with van der Waals surface area (Å²) in [5, 5.41) is 6.31. The number of rotatable bonds is 3. The Hall–Kier alpha value is -2.93. The third-order valence-corrected chi connectivity index (χ3v) is 4.63. The van der Waals surface area contributed by atoms with Crippen LogP contribution in [0.4, 0.5) is 0 Å². The molecule has 140 valence electrons. The summed E-state index contributed by atoms with van der Waals surface area (Å²) in [5.74, 6) is 1.74. The number of nitrogens with zero attached hydrogens (tertiary/aromatic N) is 3. The average molecular weight is 366 g/mol. The Bertz CT molecular complexity index is 1030. The van der Waals surface area contributed by atoms with Crippen LogP contribution in [-0.4, -0.2) is 19.7 Å². The molecule has 0 spiro atoms. The molecule has 1 aromatic carbocycles. The van der Waals surface area contributed by atoms with E-state index in [4.69, 9.17) is 9.47 Å². The fourth-order valence-corrected chi connectivity index (χ4v) is 3.36. The smallest absolute Gasteiger partial charge is 0.347 e. The van der Waals surface area contributed by atoms with Crippen molar-refractivity contribution in [1.82, 2.24) is 19.7 Å². The number of ether oxygens (including phenoxy) is 2. The third kappa shape index (κ3) is 3.26. The fourth-order valence-electron chi connectivity index (χ4n) is 3.36. The van der Waals surface area contributed by atoms with Crippen LogP contribution in [-0.2, 0) is 11.3 Å². The monoisotopic (exact) mass is 366 g/mol. The summed E-state index contributed by atoms with van der Waals surface area (Å²) in [6, 6.07) is 9.51. The number of hydrogen-bond acceptors (Lipinski definition) is 5. The normalized spacial score (nSPS) is 16.4. The highest BCUT2D eigenvalue weighted by Crippen LogP contribution is 2.44. The third-order valence-electron chi connectivity index (χ3n) is 4.63. The first-order chi connectivity index (χ1) is 12.8. The van der Waals surface area contributed by atoms with Crippen molar-refractivity contribution in [3.63, 3.8) is 0 Å². The molecule has 27 heavy (non-hydrogen) atoms. The van der Waals surface area contributed by atoms with Crippen molar-refractivity contribution in [3.05, 3.63) is 64.0 Å². The van der Waals surface area contributed by atoms with Crippen LogP contribution in [0.3, 0.4) is 0 Å². The van der Waals surface area contributed by atoms with Crippen LogP contribution in [0.25, 0.3) is 5.69 Å². The zero-order valence-electron chi connectivity index (χ0n) is 15.8. The van der Waals surface area contributed by atoms with Gasteiger partial charge in [-0.05, 0) is 41.7 Å². The zero-order chi connectivity index (χ0) is 19.2. The average Bonchev–Trinajstić information content (AvgIpc) is 3.19. The predicted octanol–water partition coefficient (Wildman–Crippen LogP) is 3.67. The van der Waals surface area contributed by atoms with E-state index in [1.54, 1.807) is 25.3 Å². The second-order valence-electron chi connectivity index (χ2n) is 7.79. The van der Waals surface area contributed by atoms with E-state index in [-0.39, 0.29) is 17.2 Å². The number of aryl methyl sites for hydroxylation is 1. The Morgan fingerprint density at radius 3 is 2.70 bits per heavy atom. The number of pyridine rings is 1. The summed E-state index contributed by atoms with van der Waals surface area (Å²) in [5.41, 5.74) is 2.71. The van der Waals surface area contributed by atoms with Gasteiger partial charge in [0, 0.05) is 6.07 Å². The van der Waals surface area contributed by atoms with Crippen molar-refractivity contribution in [2.24, 2.45) is 5.41 Å². The van der Waals surface area contributed by atoms with E-state index >= 15 is 0 Å². The molecular weight excluding hydrogens is 344 g/mol. The molecule has 0 saturated carbocycles. The Morgan fingerprint density at radius 1 is 1.26 bits per heavy atom. The van der Waals surface area contributed by atoms with Crippen molar-refractivity contribution < 1.29 is 9.47 Å². The van der Waals surface area contributed by atoms with Crippen LogP contribution >= 0.6 is 0 Å². The minimum absolute atomic E-state index is 0.0134. The van der Waals surface area contributed by atoms with E-state index in [2.05, 4.69) is 36.0 Å². The second-order valence-corrected chi connectivity index (χ2v) is 7.79. The molecule has 1 N–H and O–H groups in total. The lowest BCUT2D eigenvalue weighted by Gasteiger charge is -2.27. The minimum Gasteiger partial charge on any atom is -0.439 e. The number of benzene rings is 1. The Balaban J connectivity index is 1.58. The van der Waals surface area contributed by atoms with Crippen LogP contribution in [0.5, 0.6) is 11.6 Å². The minimum atomic E-state index is -0.296. The SMILES string of the molecule is Cc1n[nH]c(=O)n1-c1ccc(Oc2ccc3c(c2)[C@@H](C(C)(C)C)OC3)nc1. The molecule has 7 heteroatoms. The molecule has 7 nitrogen and oxygen atoms in total. The second kappa shape index (κ2) is 6.35. The Labute approximate surface area is 157 Å². The van der Waals surface area contributed by atoms with E-state index in [0.717, 1.165) is 5.56 Å². The fraction of sp³-hybridized carbons (Fsp3) is 0.350. The number of hydrogen-bond donors (Lipinski definition) is 1. The first-order valence-electron chi connectivity index (χ1n) is 8.85. The van der Waals surface area contributed by atoms with Gasteiger partial charge in [-0.15, -0.1) is 0 Å². The molecule has 0 amide bonds. The lowest BCUT2D eigenvalue weighted by molar-refractivity contribution is -0.00793. The standard InChI is InChI=1S/C20H22N4O3/c1-12-22-23-19(25)24(12)14-6-8-17(21-10-14)27-15-7-5-13-11-26-18(16(13)9-15)20(2,3)4/h5-10,18H,11H2,1-4H3,(H,23,25)/t18-/m0/s1. The van der Waals surface area contributed by atoms with Gasteiger partial charge in [0.15, 0.2) is 0 Å². The van der Waals surface area contributed by atoms with Crippen molar-refractivity contribution >= 4 is 0 Å². The van der Waals surface area contributed by atoms with Gasteiger partial charge in [-0.25, -0.2) is 19.4 Å². The highest BCUT2D eigenvalue weighted by molar-refractivity contribution is 5.41. The molecule has 1 atom stereocenters. The summed E-state index contributed by atoms with van der Waals surface area (Å²) < 4.78 is 13.3. The largest absolute Gasteiger partial charge is 0.439 e. The molecule has 3 aromatic rings. The van der Waals surface area contributed by atoms with Gasteiger partial charge < -0.3 is 9.47 Å². The first kappa shape index (κ1) is 17.5. The van der Waals surface area contributed by atoms with Crippen molar-refractivity contribution in [2.45, 2.75) is 40.4 Å². The summed E-state index contributed by atoms with van der Waals surface area (Å²) in [4.78, 5) is 16.1. The molecule has 4 rings (SSSR count). The van der Waals surface area contributed by atoms with Crippen molar-refractivity contribution in [2.75, 3.05) is 0 Å². The molecule has 1 aliphatic heterocycles. The van der Waals surface area contributed by atoms with Crippen molar-refractivity contribution in [1.29, 1.82) is 0 Å². The van der Waals surface area contributed by atoms with Gasteiger partial charge in [0.25, 0.3) is 0 Å². The maximum atomic E-state index is 11.8. The van der Waals surface area contributed by atoms with Gasteiger partial charge in [0.1, 0.15) is 11.6 Å². The van der Waals surface area contributed by atoms with E-state index in [1.807, 2.05) is 18.2 Å². The van der Waals surface area contributed by atoms with Gasteiger partial charge >= 0.3 is 5.69 Å². The van der Waals surface area contributed by atoms with E-state index in [1.165, 1.54) is 10.1 Å². The van der Waals surface area contributed by atoms with Gasteiger partial charge in [0.2, 0.25) is 5.88 Å². The molecule has 0 radical (unpaired) electrons. The van der Waals surface area contributed by atoms with E-state index < -0.39 is 0 Å². The summed E-state index contributed by atoms with van der Waals surface area (Å²) in [6.45, 7) is 8.88. The molecule has 1 aliphatic rings. The van der Waals surface area contributed by atoms with Gasteiger partial charge in [-0.2, -0.15) is 5.10 Å². The molecule has 0 aliphatic carbocycles.